The largest absolute Gasteiger partial charge is 0.480 e. The smallest absolute Gasteiger partial charge is 0.233 e. The molecule has 1 rings (SSSR count). The maximum atomic E-state index is 5.58. The van der Waals surface area contributed by atoms with Gasteiger partial charge in [-0.25, -0.2) is 0 Å². The predicted molar refractivity (Wildman–Crippen MR) is 59.9 cm³/mol. The van der Waals surface area contributed by atoms with Gasteiger partial charge in [0.05, 0.1) is 19.5 Å². The molecule has 2 unspecified atom stereocenters. The van der Waals surface area contributed by atoms with E-state index in [1.807, 2.05) is 0 Å². The van der Waals surface area contributed by atoms with Gasteiger partial charge in [0.1, 0.15) is 5.82 Å². The van der Waals surface area contributed by atoms with Crippen LogP contribution in [0.25, 0.3) is 0 Å². The van der Waals surface area contributed by atoms with E-state index >= 15 is 0 Å². The minimum absolute atomic E-state index is 0.261. The minimum Gasteiger partial charge on any atom is -0.480 e. The molecule has 84 valence electrons. The van der Waals surface area contributed by atoms with Crippen LogP contribution in [0.15, 0.2) is 12.4 Å². The summed E-state index contributed by atoms with van der Waals surface area (Å²) in [6, 6.07) is 0.261. The molecule has 5 heteroatoms. The second-order valence-electron chi connectivity index (χ2n) is 3.59. The van der Waals surface area contributed by atoms with Gasteiger partial charge in [0.15, 0.2) is 0 Å². The number of rotatable bonds is 5. The summed E-state index contributed by atoms with van der Waals surface area (Å²) in [7, 11) is 1.57. The highest BCUT2D eigenvalue weighted by molar-refractivity contribution is 5.34. The Morgan fingerprint density at radius 2 is 2.20 bits per heavy atom. The highest BCUT2D eigenvalue weighted by atomic mass is 16.5. The maximum absolute atomic E-state index is 5.58. The number of hydrogen-bond acceptors (Lipinski definition) is 5. The molecule has 0 bridgehead atoms. The second-order valence-corrected chi connectivity index (χ2v) is 3.59. The first-order valence-electron chi connectivity index (χ1n) is 5.00. The molecule has 0 spiro atoms. The molecule has 0 amide bonds. The summed E-state index contributed by atoms with van der Waals surface area (Å²) in [5.41, 5.74) is 5.58. The van der Waals surface area contributed by atoms with Crippen LogP contribution in [0.1, 0.15) is 13.8 Å². The van der Waals surface area contributed by atoms with Crippen LogP contribution < -0.4 is 15.8 Å². The Bertz CT molecular complexity index is 305. The van der Waals surface area contributed by atoms with Crippen molar-refractivity contribution < 1.29 is 4.74 Å². The van der Waals surface area contributed by atoms with Gasteiger partial charge in [-0.1, -0.05) is 6.92 Å². The van der Waals surface area contributed by atoms with E-state index in [-0.39, 0.29) is 6.04 Å². The van der Waals surface area contributed by atoms with Crippen molar-refractivity contribution in [1.82, 2.24) is 9.97 Å². The summed E-state index contributed by atoms with van der Waals surface area (Å²) in [6.45, 7) is 4.80. The fraction of sp³-hybridized carbons (Fsp3) is 0.600. The molecule has 0 aromatic carbocycles. The van der Waals surface area contributed by atoms with Crippen molar-refractivity contribution in [3.8, 4) is 5.88 Å². The Morgan fingerprint density at radius 1 is 1.47 bits per heavy atom. The van der Waals surface area contributed by atoms with E-state index in [1.165, 1.54) is 0 Å². The van der Waals surface area contributed by atoms with Crippen molar-refractivity contribution in [3.05, 3.63) is 12.4 Å². The maximum Gasteiger partial charge on any atom is 0.233 e. The van der Waals surface area contributed by atoms with Crippen molar-refractivity contribution >= 4 is 5.82 Å². The molecule has 1 aromatic heterocycles. The van der Waals surface area contributed by atoms with Crippen LogP contribution >= 0.6 is 0 Å². The van der Waals surface area contributed by atoms with E-state index in [0.29, 0.717) is 24.2 Å². The molecular weight excluding hydrogens is 192 g/mol. The second kappa shape index (κ2) is 5.50. The van der Waals surface area contributed by atoms with Crippen LogP contribution in [-0.2, 0) is 0 Å². The lowest BCUT2D eigenvalue weighted by Gasteiger charge is -2.20. The number of ether oxygens (including phenoxy) is 1. The number of nitrogens with two attached hydrogens (primary N) is 1. The van der Waals surface area contributed by atoms with Gasteiger partial charge in [-0.15, -0.1) is 0 Å². The van der Waals surface area contributed by atoms with E-state index in [4.69, 9.17) is 10.5 Å². The topological polar surface area (TPSA) is 73.1 Å². The lowest BCUT2D eigenvalue weighted by Crippen LogP contribution is -2.29. The Labute approximate surface area is 90.1 Å². The van der Waals surface area contributed by atoms with Gasteiger partial charge in [-0.2, -0.15) is 4.98 Å². The number of nitrogens with zero attached hydrogens (tertiary/aromatic N) is 2. The van der Waals surface area contributed by atoms with Crippen LogP contribution in [0.5, 0.6) is 5.88 Å². The van der Waals surface area contributed by atoms with Crippen molar-refractivity contribution in [2.45, 2.75) is 19.9 Å². The Morgan fingerprint density at radius 3 is 2.80 bits per heavy atom. The average molecular weight is 210 g/mol. The van der Waals surface area contributed by atoms with Crippen LogP contribution in [0, 0.1) is 5.92 Å². The molecular formula is C10H18N4O. The lowest BCUT2D eigenvalue weighted by molar-refractivity contribution is 0.396. The van der Waals surface area contributed by atoms with E-state index in [0.717, 1.165) is 0 Å². The first-order valence-corrected chi connectivity index (χ1v) is 5.00. The summed E-state index contributed by atoms with van der Waals surface area (Å²) in [4.78, 5) is 8.22. The molecule has 0 saturated carbocycles. The molecule has 2 atom stereocenters. The fourth-order valence-corrected chi connectivity index (χ4v) is 1.10. The molecule has 0 aliphatic heterocycles. The van der Waals surface area contributed by atoms with Crippen LogP contribution in [0.3, 0.4) is 0 Å². The number of nitrogens with one attached hydrogen (secondary N) is 1. The molecule has 15 heavy (non-hydrogen) atoms. The van der Waals surface area contributed by atoms with Gasteiger partial charge in [-0.3, -0.25) is 4.98 Å². The zero-order valence-corrected chi connectivity index (χ0v) is 9.40. The van der Waals surface area contributed by atoms with E-state index in [1.54, 1.807) is 19.5 Å². The van der Waals surface area contributed by atoms with Gasteiger partial charge in [0.2, 0.25) is 5.88 Å². The molecule has 3 N–H and O–H groups in total. The van der Waals surface area contributed by atoms with Gasteiger partial charge in [-0.05, 0) is 19.4 Å². The number of anilines is 1. The molecule has 1 heterocycles. The van der Waals surface area contributed by atoms with Crippen LogP contribution in [0.4, 0.5) is 5.82 Å². The van der Waals surface area contributed by atoms with Crippen LogP contribution in [0.2, 0.25) is 0 Å². The third-order valence-electron chi connectivity index (χ3n) is 2.42. The SMILES string of the molecule is COc1cncc(NC(C)C(C)CN)n1. The van der Waals surface area contributed by atoms with Gasteiger partial charge >= 0.3 is 0 Å². The quantitative estimate of drug-likeness (QED) is 0.754. The van der Waals surface area contributed by atoms with E-state index in [9.17, 15) is 0 Å². The Kier molecular flexibility index (Phi) is 4.30. The molecule has 0 fully saturated rings. The monoisotopic (exact) mass is 210 g/mol. The Hall–Kier alpha value is -1.36. The van der Waals surface area contributed by atoms with Gasteiger partial charge < -0.3 is 15.8 Å². The number of methoxy groups -OCH3 is 1. The van der Waals surface area contributed by atoms with Crippen molar-refractivity contribution in [2.75, 3.05) is 19.0 Å². The summed E-state index contributed by atoms with van der Waals surface area (Å²) in [5.74, 6) is 1.60. The number of hydrogen-bond donors (Lipinski definition) is 2. The molecule has 1 aromatic rings. The lowest BCUT2D eigenvalue weighted by atomic mass is 10.0. The van der Waals surface area contributed by atoms with Crippen molar-refractivity contribution in [3.63, 3.8) is 0 Å². The molecule has 0 aliphatic carbocycles. The highest BCUT2D eigenvalue weighted by Gasteiger charge is 2.10. The van der Waals surface area contributed by atoms with Gasteiger partial charge in [0, 0.05) is 6.04 Å². The highest BCUT2D eigenvalue weighted by Crippen LogP contribution is 2.11. The normalized spacial score (nSPS) is 14.4. The third kappa shape index (κ3) is 3.36. The predicted octanol–water partition coefficient (Wildman–Crippen LogP) is 0.880. The van der Waals surface area contributed by atoms with E-state index < -0.39 is 0 Å². The summed E-state index contributed by atoms with van der Waals surface area (Å²) >= 11 is 0. The number of aromatic nitrogens is 2. The fourth-order valence-electron chi connectivity index (χ4n) is 1.10. The summed E-state index contributed by atoms with van der Waals surface area (Å²) in [6.07, 6.45) is 3.24. The van der Waals surface area contributed by atoms with Crippen molar-refractivity contribution in [1.29, 1.82) is 0 Å². The zero-order chi connectivity index (χ0) is 11.3. The van der Waals surface area contributed by atoms with Crippen molar-refractivity contribution in [2.24, 2.45) is 11.7 Å². The average Bonchev–Trinajstić information content (AvgIpc) is 2.28. The van der Waals surface area contributed by atoms with E-state index in [2.05, 4.69) is 29.1 Å². The standard InChI is InChI=1S/C10H18N4O/c1-7(4-11)8(2)13-9-5-12-6-10(14-9)15-3/h5-8H,4,11H2,1-3H3,(H,13,14). The molecule has 5 nitrogen and oxygen atoms in total. The first kappa shape index (κ1) is 11.7. The minimum atomic E-state index is 0.261. The van der Waals surface area contributed by atoms with Crippen LogP contribution in [-0.4, -0.2) is 29.7 Å². The first-order chi connectivity index (χ1) is 7.17. The summed E-state index contributed by atoms with van der Waals surface area (Å²) in [5, 5.41) is 3.23. The van der Waals surface area contributed by atoms with Gasteiger partial charge in [0.25, 0.3) is 0 Å². The summed E-state index contributed by atoms with van der Waals surface area (Å²) < 4.78 is 4.98. The Balaban J connectivity index is 2.63. The third-order valence-corrected chi connectivity index (χ3v) is 2.42. The molecule has 0 saturated heterocycles. The molecule has 0 aliphatic rings. The zero-order valence-electron chi connectivity index (χ0n) is 9.40. The molecule has 0 radical (unpaired) electrons.